The van der Waals surface area contributed by atoms with E-state index >= 15 is 0 Å². The number of carbonyl (C=O) groups is 3. The lowest BCUT2D eigenvalue weighted by Crippen LogP contribution is -2.45. The van der Waals surface area contributed by atoms with E-state index in [1.165, 1.54) is 0 Å². The first-order chi connectivity index (χ1) is 14.2. The molecular weight excluding hydrogens is 396 g/mol. The molecule has 9 heteroatoms. The predicted octanol–water partition coefficient (Wildman–Crippen LogP) is 2.86. The third-order valence-corrected chi connectivity index (χ3v) is 4.92. The number of aryl methyl sites for hydroxylation is 1. The van der Waals surface area contributed by atoms with Gasteiger partial charge in [0.1, 0.15) is 29.5 Å². The summed E-state index contributed by atoms with van der Waals surface area (Å²) < 4.78 is 32.0. The number of hydrogen-bond donors (Lipinski definition) is 2. The Kier molecular flexibility index (Phi) is 6.00. The smallest absolute Gasteiger partial charge is 0.325 e. The molecule has 0 aromatic heterocycles. The summed E-state index contributed by atoms with van der Waals surface area (Å²) >= 11 is 0. The minimum atomic E-state index is -1.18. The maximum Gasteiger partial charge on any atom is 0.325 e. The zero-order valence-electron chi connectivity index (χ0n) is 16.5. The van der Waals surface area contributed by atoms with Gasteiger partial charge in [-0.25, -0.2) is 13.6 Å². The topological polar surface area (TPSA) is 87.7 Å². The van der Waals surface area contributed by atoms with Crippen LogP contribution in [-0.4, -0.2) is 41.9 Å². The second-order valence-electron chi connectivity index (χ2n) is 7.17. The van der Waals surface area contributed by atoms with Crippen LogP contribution in [0.2, 0.25) is 0 Å². The lowest BCUT2D eigenvalue weighted by Gasteiger charge is -2.21. The molecule has 30 heavy (non-hydrogen) atoms. The molecule has 0 spiro atoms. The van der Waals surface area contributed by atoms with E-state index in [1.54, 1.807) is 26.2 Å². The summed E-state index contributed by atoms with van der Waals surface area (Å²) in [5, 5.41) is 4.79. The third kappa shape index (κ3) is 4.56. The van der Waals surface area contributed by atoms with Crippen molar-refractivity contribution in [2.24, 2.45) is 0 Å². The lowest BCUT2D eigenvalue weighted by molar-refractivity contribution is -0.133. The number of halogens is 2. The second-order valence-corrected chi connectivity index (χ2v) is 7.17. The van der Waals surface area contributed by atoms with E-state index in [9.17, 15) is 23.2 Å². The van der Waals surface area contributed by atoms with Gasteiger partial charge in [0.15, 0.2) is 0 Å². The van der Waals surface area contributed by atoms with Crippen LogP contribution in [0.5, 0.6) is 5.75 Å². The highest BCUT2D eigenvalue weighted by atomic mass is 19.1. The fourth-order valence-corrected chi connectivity index (χ4v) is 3.17. The van der Waals surface area contributed by atoms with Gasteiger partial charge in [-0.15, -0.1) is 0 Å². The fraction of sp³-hybridized carbons (Fsp3) is 0.286. The number of methoxy groups -OCH3 is 1. The summed E-state index contributed by atoms with van der Waals surface area (Å²) in [6, 6.07) is 9.21. The van der Waals surface area contributed by atoms with Crippen LogP contribution in [0.25, 0.3) is 0 Å². The predicted molar refractivity (Wildman–Crippen MR) is 105 cm³/mol. The zero-order chi connectivity index (χ0) is 21.9. The quantitative estimate of drug-likeness (QED) is 0.679. The molecule has 1 heterocycles. The van der Waals surface area contributed by atoms with Gasteiger partial charge in [-0.3, -0.25) is 14.5 Å². The molecule has 7 nitrogen and oxygen atoms in total. The number of imide groups is 1. The zero-order valence-corrected chi connectivity index (χ0v) is 16.5. The van der Waals surface area contributed by atoms with Crippen LogP contribution in [-0.2, 0) is 16.0 Å². The van der Waals surface area contributed by atoms with E-state index in [2.05, 4.69) is 10.6 Å². The lowest BCUT2D eigenvalue weighted by atomic mass is 9.93. The van der Waals surface area contributed by atoms with Crippen LogP contribution >= 0.6 is 0 Å². The van der Waals surface area contributed by atoms with Crippen molar-refractivity contribution >= 4 is 23.5 Å². The highest BCUT2D eigenvalue weighted by molar-refractivity contribution is 6.09. The Hall–Kier alpha value is -3.49. The average Bonchev–Trinajstić information content (AvgIpc) is 2.93. The number of carbonyl (C=O) groups excluding carboxylic acids is 3. The maximum atomic E-state index is 13.7. The number of amides is 4. The Morgan fingerprint density at radius 1 is 1.17 bits per heavy atom. The molecule has 0 aliphatic carbocycles. The summed E-state index contributed by atoms with van der Waals surface area (Å²) in [5.74, 6) is -2.22. The third-order valence-electron chi connectivity index (χ3n) is 4.92. The number of hydrogen-bond acceptors (Lipinski definition) is 4. The van der Waals surface area contributed by atoms with Gasteiger partial charge in [0.25, 0.3) is 5.91 Å². The van der Waals surface area contributed by atoms with Crippen LogP contribution in [0.3, 0.4) is 0 Å². The van der Waals surface area contributed by atoms with Crippen molar-refractivity contribution in [3.8, 4) is 5.75 Å². The van der Waals surface area contributed by atoms with E-state index in [0.29, 0.717) is 18.6 Å². The van der Waals surface area contributed by atoms with Crippen LogP contribution in [0.1, 0.15) is 18.9 Å². The first-order valence-corrected chi connectivity index (χ1v) is 9.24. The van der Waals surface area contributed by atoms with Gasteiger partial charge in [0, 0.05) is 6.07 Å². The van der Waals surface area contributed by atoms with Gasteiger partial charge >= 0.3 is 6.03 Å². The first-order valence-electron chi connectivity index (χ1n) is 9.24. The van der Waals surface area contributed by atoms with Crippen molar-refractivity contribution in [1.82, 2.24) is 10.2 Å². The first kappa shape index (κ1) is 21.2. The van der Waals surface area contributed by atoms with Gasteiger partial charge in [-0.05, 0) is 49.6 Å². The summed E-state index contributed by atoms with van der Waals surface area (Å²) in [4.78, 5) is 38.0. The number of rotatable bonds is 7. The number of anilines is 1. The second kappa shape index (κ2) is 8.48. The number of benzene rings is 2. The number of nitrogens with zero attached hydrogens (tertiary/aromatic N) is 1. The van der Waals surface area contributed by atoms with E-state index < -0.39 is 41.6 Å². The SMILES string of the molecule is COc1ccc(CC[C@]2(C)NC(=O)N(CC(=O)Nc3cc(F)ccc3F)C2=O)cc1. The normalized spacial score (nSPS) is 18.3. The number of urea groups is 1. The van der Waals surface area contributed by atoms with Gasteiger partial charge in [-0.2, -0.15) is 0 Å². The van der Waals surface area contributed by atoms with Gasteiger partial charge < -0.3 is 15.4 Å². The Morgan fingerprint density at radius 3 is 2.53 bits per heavy atom. The monoisotopic (exact) mass is 417 g/mol. The van der Waals surface area contributed by atoms with E-state index in [-0.39, 0.29) is 5.69 Å². The van der Waals surface area contributed by atoms with Crippen molar-refractivity contribution in [3.63, 3.8) is 0 Å². The van der Waals surface area contributed by atoms with E-state index in [1.807, 2.05) is 12.1 Å². The molecule has 0 radical (unpaired) electrons. The highest BCUT2D eigenvalue weighted by Crippen LogP contribution is 2.24. The van der Waals surface area contributed by atoms with Crippen molar-refractivity contribution in [1.29, 1.82) is 0 Å². The van der Waals surface area contributed by atoms with Crippen LogP contribution < -0.4 is 15.4 Å². The Labute approximate surface area is 172 Å². The summed E-state index contributed by atoms with van der Waals surface area (Å²) in [7, 11) is 1.57. The molecule has 1 aliphatic heterocycles. The number of ether oxygens (including phenoxy) is 1. The Balaban J connectivity index is 1.62. The molecule has 2 N–H and O–H groups in total. The van der Waals surface area contributed by atoms with Gasteiger partial charge in [0.05, 0.1) is 12.8 Å². The molecule has 4 amide bonds. The molecule has 1 atom stereocenters. The molecule has 0 bridgehead atoms. The van der Waals surface area contributed by atoms with Crippen LogP contribution in [0.4, 0.5) is 19.3 Å². The minimum Gasteiger partial charge on any atom is -0.497 e. The van der Waals surface area contributed by atoms with E-state index in [0.717, 1.165) is 28.7 Å². The molecule has 2 aromatic rings. The molecule has 0 unspecified atom stereocenters. The van der Waals surface area contributed by atoms with E-state index in [4.69, 9.17) is 4.74 Å². The van der Waals surface area contributed by atoms with Crippen molar-refractivity contribution < 1.29 is 27.9 Å². The molecule has 158 valence electrons. The average molecular weight is 417 g/mol. The molecule has 1 saturated heterocycles. The maximum absolute atomic E-state index is 13.7. The molecular formula is C21H21F2N3O4. The molecule has 3 rings (SSSR count). The molecule has 1 fully saturated rings. The van der Waals surface area contributed by atoms with Crippen LogP contribution in [0, 0.1) is 11.6 Å². The van der Waals surface area contributed by atoms with Crippen molar-refractivity contribution in [2.75, 3.05) is 19.0 Å². The molecule has 1 aliphatic rings. The fourth-order valence-electron chi connectivity index (χ4n) is 3.17. The summed E-state index contributed by atoms with van der Waals surface area (Å²) in [6.45, 7) is 0.972. The van der Waals surface area contributed by atoms with Crippen LogP contribution in [0.15, 0.2) is 42.5 Å². The summed E-state index contributed by atoms with van der Waals surface area (Å²) in [6.07, 6.45) is 0.835. The number of nitrogens with one attached hydrogen (secondary N) is 2. The molecule has 0 saturated carbocycles. The van der Waals surface area contributed by atoms with Crippen molar-refractivity contribution in [2.45, 2.75) is 25.3 Å². The summed E-state index contributed by atoms with van der Waals surface area (Å²) in [5.41, 5.74) is -0.590. The minimum absolute atomic E-state index is 0.320. The Bertz CT molecular complexity index is 981. The van der Waals surface area contributed by atoms with Gasteiger partial charge in [0.2, 0.25) is 5.91 Å². The highest BCUT2D eigenvalue weighted by Gasteiger charge is 2.47. The van der Waals surface area contributed by atoms with Gasteiger partial charge in [-0.1, -0.05) is 12.1 Å². The largest absolute Gasteiger partial charge is 0.497 e. The molecule has 2 aromatic carbocycles. The standard InChI is InChI=1S/C21H21F2N3O4/c1-21(10-9-13-3-6-15(30-2)7-4-13)19(28)26(20(29)25-21)12-18(27)24-17-11-14(22)5-8-16(17)23/h3-8,11H,9-10,12H2,1-2H3,(H,24,27)(H,25,29)/t21-/m0/s1. The Morgan fingerprint density at radius 2 is 1.87 bits per heavy atom. The van der Waals surface area contributed by atoms with Crippen molar-refractivity contribution in [3.05, 3.63) is 59.7 Å².